The topological polar surface area (TPSA) is 44.8 Å². The molecule has 124 valence electrons. The molecule has 4 nitrogen and oxygen atoms in total. The zero-order valence-corrected chi connectivity index (χ0v) is 14.8. The van der Waals surface area contributed by atoms with Gasteiger partial charge >= 0.3 is 18.9 Å². The van der Waals surface area contributed by atoms with Gasteiger partial charge in [-0.05, 0) is 57.6 Å². The summed E-state index contributed by atoms with van der Waals surface area (Å²) in [5.41, 5.74) is 1.52. The SMILES string of the molecule is CCOc1ccc(PC(=O)c2c(OC)cccc2OC)c(C)c1.[LiH]. The van der Waals surface area contributed by atoms with E-state index in [1.807, 2.05) is 32.0 Å². The zero-order valence-electron chi connectivity index (χ0n) is 13.8. The summed E-state index contributed by atoms with van der Waals surface area (Å²) < 4.78 is 16.1. The number of carbonyl (C=O) groups excluding carboxylic acids is 1. The first-order chi connectivity index (χ1) is 11.1. The van der Waals surface area contributed by atoms with E-state index in [0.29, 0.717) is 23.7 Å². The van der Waals surface area contributed by atoms with E-state index in [2.05, 4.69) is 0 Å². The number of hydrogen-bond donors (Lipinski definition) is 0. The predicted octanol–water partition coefficient (Wildman–Crippen LogP) is 2.91. The third-order valence-electron chi connectivity index (χ3n) is 3.41. The number of benzene rings is 2. The summed E-state index contributed by atoms with van der Waals surface area (Å²) >= 11 is 0. The van der Waals surface area contributed by atoms with E-state index in [9.17, 15) is 4.79 Å². The molecule has 0 N–H and O–H groups in total. The Morgan fingerprint density at radius 3 is 2.21 bits per heavy atom. The second-order valence-corrected chi connectivity index (χ2v) is 6.14. The predicted molar refractivity (Wildman–Crippen MR) is 101 cm³/mol. The van der Waals surface area contributed by atoms with Crippen molar-refractivity contribution in [2.24, 2.45) is 0 Å². The second kappa shape index (κ2) is 9.74. The van der Waals surface area contributed by atoms with Gasteiger partial charge in [0.25, 0.3) is 0 Å². The molecule has 2 aromatic carbocycles. The molecule has 0 radical (unpaired) electrons. The molecule has 0 aliphatic rings. The fraction of sp³-hybridized carbons (Fsp3) is 0.278. The van der Waals surface area contributed by atoms with Crippen molar-refractivity contribution in [2.75, 3.05) is 20.8 Å². The number of carbonyl (C=O) groups is 1. The van der Waals surface area contributed by atoms with Gasteiger partial charge in [0.2, 0.25) is 0 Å². The number of aryl methyl sites for hydroxylation is 1. The van der Waals surface area contributed by atoms with Crippen LogP contribution < -0.4 is 19.5 Å². The molecule has 0 amide bonds. The maximum atomic E-state index is 12.8. The second-order valence-electron chi connectivity index (χ2n) is 4.90. The molecular formula is C18H22LiO4P. The van der Waals surface area contributed by atoms with Crippen LogP contribution in [0.4, 0.5) is 0 Å². The molecule has 0 aliphatic carbocycles. The zero-order chi connectivity index (χ0) is 16.8. The number of hydrogen-bond acceptors (Lipinski definition) is 4. The number of methoxy groups -OCH3 is 2. The number of rotatable bonds is 7. The Hall–Kier alpha value is -1.46. The van der Waals surface area contributed by atoms with Gasteiger partial charge in [-0.1, -0.05) is 12.1 Å². The Morgan fingerprint density at radius 1 is 1.08 bits per heavy atom. The molecule has 2 rings (SSSR count). The Balaban J connectivity index is 0.00000288. The van der Waals surface area contributed by atoms with E-state index in [0.717, 1.165) is 16.6 Å². The van der Waals surface area contributed by atoms with Crippen molar-refractivity contribution in [3.05, 3.63) is 47.5 Å². The molecule has 0 aromatic heterocycles. The van der Waals surface area contributed by atoms with Crippen LogP contribution in [0.5, 0.6) is 17.2 Å². The van der Waals surface area contributed by atoms with Gasteiger partial charge in [-0.3, -0.25) is 4.79 Å². The van der Waals surface area contributed by atoms with Crippen LogP contribution in [0, 0.1) is 6.92 Å². The van der Waals surface area contributed by atoms with Gasteiger partial charge in [0.05, 0.1) is 20.8 Å². The first-order valence-electron chi connectivity index (χ1n) is 7.36. The van der Waals surface area contributed by atoms with Gasteiger partial charge in [0.1, 0.15) is 22.8 Å². The van der Waals surface area contributed by atoms with Crippen molar-refractivity contribution in [2.45, 2.75) is 13.8 Å². The minimum atomic E-state index is -0.00781. The molecule has 0 fully saturated rings. The fourth-order valence-electron chi connectivity index (χ4n) is 2.29. The van der Waals surface area contributed by atoms with E-state index in [1.54, 1.807) is 32.4 Å². The fourth-order valence-corrected chi connectivity index (χ4v) is 3.34. The molecule has 0 saturated carbocycles. The van der Waals surface area contributed by atoms with Gasteiger partial charge in [-0.25, -0.2) is 0 Å². The van der Waals surface area contributed by atoms with Crippen molar-refractivity contribution in [3.63, 3.8) is 0 Å². The first-order valence-corrected chi connectivity index (χ1v) is 8.36. The maximum absolute atomic E-state index is 12.8. The van der Waals surface area contributed by atoms with Crippen molar-refractivity contribution in [1.82, 2.24) is 0 Å². The molecule has 2 aromatic rings. The standard InChI is InChI=1S/C18H21O4P.Li.H/c1-5-22-13-9-10-16(12(2)11-13)23-18(19)17-14(20-3)7-6-8-15(17)21-4;;/h6-11,23H,5H2,1-4H3;;. The van der Waals surface area contributed by atoms with Crippen LogP contribution in [0.2, 0.25) is 0 Å². The summed E-state index contributed by atoms with van der Waals surface area (Å²) in [4.78, 5) is 12.8. The summed E-state index contributed by atoms with van der Waals surface area (Å²) in [5.74, 6) is 1.89. The van der Waals surface area contributed by atoms with Crippen LogP contribution in [-0.4, -0.2) is 45.2 Å². The molecule has 6 heteroatoms. The van der Waals surface area contributed by atoms with Crippen LogP contribution in [0.15, 0.2) is 36.4 Å². The average molecular weight is 340 g/mol. The first kappa shape index (κ1) is 20.6. The van der Waals surface area contributed by atoms with Gasteiger partial charge in [-0.15, -0.1) is 0 Å². The summed E-state index contributed by atoms with van der Waals surface area (Å²) in [6, 6.07) is 11.1. The van der Waals surface area contributed by atoms with Crippen LogP contribution in [0.3, 0.4) is 0 Å². The van der Waals surface area contributed by atoms with E-state index in [1.165, 1.54) is 0 Å². The van der Waals surface area contributed by atoms with Crippen molar-refractivity contribution in [3.8, 4) is 17.2 Å². The third kappa shape index (κ3) is 4.77. The summed E-state index contributed by atoms with van der Waals surface area (Å²) in [6.45, 7) is 4.55. The van der Waals surface area contributed by atoms with Gasteiger partial charge < -0.3 is 14.2 Å². The van der Waals surface area contributed by atoms with Gasteiger partial charge in [0, 0.05) is 0 Å². The van der Waals surface area contributed by atoms with Crippen molar-refractivity contribution >= 4 is 38.3 Å². The molecule has 1 atom stereocenters. The van der Waals surface area contributed by atoms with Crippen molar-refractivity contribution < 1.29 is 19.0 Å². The summed E-state index contributed by atoms with van der Waals surface area (Å²) in [7, 11) is 3.10. The molecule has 0 spiro atoms. The normalized spacial score (nSPS) is 10.3. The number of ether oxygens (including phenoxy) is 3. The van der Waals surface area contributed by atoms with E-state index in [4.69, 9.17) is 14.2 Å². The molecule has 0 bridgehead atoms. The molecule has 0 saturated heterocycles. The molecule has 1 unspecified atom stereocenters. The Kier molecular flexibility index (Phi) is 8.35. The third-order valence-corrected chi connectivity index (χ3v) is 4.72. The molecule has 0 aliphatic heterocycles. The van der Waals surface area contributed by atoms with Gasteiger partial charge in [-0.2, -0.15) is 0 Å². The Bertz CT molecular complexity index is 681. The van der Waals surface area contributed by atoms with Crippen molar-refractivity contribution in [1.29, 1.82) is 0 Å². The van der Waals surface area contributed by atoms with E-state index >= 15 is 0 Å². The van der Waals surface area contributed by atoms with E-state index in [-0.39, 0.29) is 33.0 Å². The minimum absolute atomic E-state index is 0. The van der Waals surface area contributed by atoms with Crippen LogP contribution in [0.1, 0.15) is 22.8 Å². The molecule has 24 heavy (non-hydrogen) atoms. The summed E-state index contributed by atoms with van der Waals surface area (Å²) in [6.07, 6.45) is 0. The van der Waals surface area contributed by atoms with E-state index < -0.39 is 0 Å². The average Bonchev–Trinajstić information content (AvgIpc) is 2.56. The summed E-state index contributed by atoms with van der Waals surface area (Å²) in [5, 5.41) is 0.992. The molecular weight excluding hydrogens is 318 g/mol. The Morgan fingerprint density at radius 2 is 1.71 bits per heavy atom. The van der Waals surface area contributed by atoms with Crippen LogP contribution in [0.25, 0.3) is 0 Å². The monoisotopic (exact) mass is 340 g/mol. The Labute approximate surface area is 156 Å². The van der Waals surface area contributed by atoms with Crippen LogP contribution in [-0.2, 0) is 0 Å². The van der Waals surface area contributed by atoms with Crippen LogP contribution >= 0.6 is 8.58 Å². The molecule has 0 heterocycles. The quantitative estimate of drug-likeness (QED) is 0.574. The van der Waals surface area contributed by atoms with Gasteiger partial charge in [0.15, 0.2) is 5.52 Å².